The van der Waals surface area contributed by atoms with Crippen molar-refractivity contribution in [3.63, 3.8) is 0 Å². The third-order valence-corrected chi connectivity index (χ3v) is 5.34. The number of hydrogen-bond acceptors (Lipinski definition) is 3. The average Bonchev–Trinajstić information content (AvgIpc) is 2.45. The highest BCUT2D eigenvalue weighted by molar-refractivity contribution is 7.99. The van der Waals surface area contributed by atoms with Crippen molar-refractivity contribution in [3.05, 3.63) is 29.3 Å². The van der Waals surface area contributed by atoms with Gasteiger partial charge in [-0.1, -0.05) is 19.3 Å². The molecule has 0 aliphatic heterocycles. The van der Waals surface area contributed by atoms with Crippen LogP contribution in [0.25, 0.3) is 0 Å². The van der Waals surface area contributed by atoms with Crippen LogP contribution >= 0.6 is 11.8 Å². The van der Waals surface area contributed by atoms with E-state index >= 15 is 0 Å². The monoisotopic (exact) mass is 288 g/mol. The summed E-state index contributed by atoms with van der Waals surface area (Å²) in [6, 6.07) is 8.30. The van der Waals surface area contributed by atoms with E-state index in [-0.39, 0.29) is 5.54 Å². The topological polar surface area (TPSA) is 49.8 Å². The fraction of sp³-hybridized carbons (Fsp3) is 0.588. The Labute approximate surface area is 126 Å². The molecule has 0 unspecified atom stereocenters. The highest BCUT2D eigenvalue weighted by atomic mass is 32.2. The fourth-order valence-corrected chi connectivity index (χ4v) is 3.92. The molecule has 1 aliphatic rings. The molecule has 0 aromatic heterocycles. The van der Waals surface area contributed by atoms with Crippen molar-refractivity contribution < 1.29 is 0 Å². The summed E-state index contributed by atoms with van der Waals surface area (Å²) in [4.78, 5) is 1.26. The lowest BCUT2D eigenvalue weighted by Gasteiger charge is -2.33. The molecule has 0 bridgehead atoms. The Morgan fingerprint density at radius 1 is 1.30 bits per heavy atom. The Kier molecular flexibility index (Phi) is 5.51. The van der Waals surface area contributed by atoms with Gasteiger partial charge in [0.1, 0.15) is 0 Å². The van der Waals surface area contributed by atoms with Gasteiger partial charge in [0.05, 0.1) is 11.6 Å². The molecular weight excluding hydrogens is 264 g/mol. The molecule has 2 rings (SSSR count). The van der Waals surface area contributed by atoms with Crippen LogP contribution in [0.15, 0.2) is 23.1 Å². The Bertz CT molecular complexity index is 484. The van der Waals surface area contributed by atoms with Gasteiger partial charge >= 0.3 is 0 Å². The lowest BCUT2D eigenvalue weighted by Crippen LogP contribution is -2.41. The van der Waals surface area contributed by atoms with Crippen LogP contribution < -0.4 is 5.73 Å². The van der Waals surface area contributed by atoms with E-state index in [1.807, 2.05) is 24.8 Å². The standard InChI is InChI=1S/C17H24N2S/c1-14-12-16(7-6-15(14)13-18)20-11-5-10-17(19)8-3-2-4-9-17/h6-7,12H,2-5,8-11,19H2,1H3. The van der Waals surface area contributed by atoms with Gasteiger partial charge in [-0.25, -0.2) is 0 Å². The van der Waals surface area contributed by atoms with Crippen LogP contribution in [-0.4, -0.2) is 11.3 Å². The van der Waals surface area contributed by atoms with Crippen LogP contribution in [0.2, 0.25) is 0 Å². The van der Waals surface area contributed by atoms with E-state index in [1.54, 1.807) is 0 Å². The number of nitrogens with two attached hydrogens (primary N) is 1. The molecule has 3 heteroatoms. The van der Waals surface area contributed by atoms with Gasteiger partial charge in [-0.2, -0.15) is 5.26 Å². The summed E-state index contributed by atoms with van der Waals surface area (Å²) in [5.41, 5.74) is 8.41. The maximum atomic E-state index is 8.93. The minimum Gasteiger partial charge on any atom is -0.325 e. The predicted molar refractivity (Wildman–Crippen MR) is 85.9 cm³/mol. The lowest BCUT2D eigenvalue weighted by molar-refractivity contribution is 0.276. The molecule has 1 fully saturated rings. The van der Waals surface area contributed by atoms with Gasteiger partial charge in [0.25, 0.3) is 0 Å². The fourth-order valence-electron chi connectivity index (χ4n) is 2.97. The lowest BCUT2D eigenvalue weighted by atomic mass is 9.80. The highest BCUT2D eigenvalue weighted by Gasteiger charge is 2.26. The largest absolute Gasteiger partial charge is 0.325 e. The highest BCUT2D eigenvalue weighted by Crippen LogP contribution is 2.31. The summed E-state index contributed by atoms with van der Waals surface area (Å²) in [6.07, 6.45) is 8.70. The first kappa shape index (κ1) is 15.4. The van der Waals surface area contributed by atoms with E-state index in [0.29, 0.717) is 0 Å². The van der Waals surface area contributed by atoms with Gasteiger partial charge in [0.2, 0.25) is 0 Å². The Morgan fingerprint density at radius 2 is 2.05 bits per heavy atom. The van der Waals surface area contributed by atoms with E-state index < -0.39 is 0 Å². The smallest absolute Gasteiger partial charge is 0.0994 e. The van der Waals surface area contributed by atoms with Crippen molar-refractivity contribution in [3.8, 4) is 6.07 Å². The molecule has 1 aromatic rings. The van der Waals surface area contributed by atoms with Crippen molar-refractivity contribution in [2.45, 2.75) is 62.3 Å². The SMILES string of the molecule is Cc1cc(SCCCC2(N)CCCCC2)ccc1C#N. The third kappa shape index (κ3) is 4.26. The molecule has 20 heavy (non-hydrogen) atoms. The van der Waals surface area contributed by atoms with Crippen LogP contribution in [0.3, 0.4) is 0 Å². The number of aryl methyl sites for hydroxylation is 1. The van der Waals surface area contributed by atoms with E-state index in [4.69, 9.17) is 11.0 Å². The Morgan fingerprint density at radius 3 is 2.70 bits per heavy atom. The van der Waals surface area contributed by atoms with Crippen molar-refractivity contribution >= 4 is 11.8 Å². The first-order valence-electron chi connectivity index (χ1n) is 7.55. The molecule has 0 heterocycles. The summed E-state index contributed by atoms with van der Waals surface area (Å²) in [7, 11) is 0. The molecular formula is C17H24N2S. The van der Waals surface area contributed by atoms with Crippen LogP contribution in [0, 0.1) is 18.3 Å². The number of nitrogens with zero attached hydrogens (tertiary/aromatic N) is 1. The molecule has 0 amide bonds. The van der Waals surface area contributed by atoms with Crippen molar-refractivity contribution in [2.75, 3.05) is 5.75 Å². The molecule has 0 radical (unpaired) electrons. The minimum absolute atomic E-state index is 0.111. The molecule has 1 aliphatic carbocycles. The predicted octanol–water partition coefficient (Wildman–Crippen LogP) is 4.40. The number of nitriles is 1. The van der Waals surface area contributed by atoms with Crippen LogP contribution in [0.4, 0.5) is 0 Å². The molecule has 1 aromatic carbocycles. The first-order valence-corrected chi connectivity index (χ1v) is 8.54. The second-order valence-corrected chi connectivity index (χ2v) is 7.13. The van der Waals surface area contributed by atoms with Gasteiger partial charge in [-0.05, 0) is 62.1 Å². The summed E-state index contributed by atoms with van der Waals surface area (Å²) >= 11 is 1.88. The van der Waals surface area contributed by atoms with Crippen molar-refractivity contribution in [1.82, 2.24) is 0 Å². The van der Waals surface area contributed by atoms with E-state index in [9.17, 15) is 0 Å². The second-order valence-electron chi connectivity index (χ2n) is 5.96. The summed E-state index contributed by atoms with van der Waals surface area (Å²) in [5, 5.41) is 8.93. The molecule has 2 N–H and O–H groups in total. The quantitative estimate of drug-likeness (QED) is 0.645. The maximum absolute atomic E-state index is 8.93. The number of hydrogen-bond donors (Lipinski definition) is 1. The van der Waals surface area contributed by atoms with Gasteiger partial charge in [0, 0.05) is 10.4 Å². The van der Waals surface area contributed by atoms with Gasteiger partial charge in [-0.3, -0.25) is 0 Å². The summed E-state index contributed by atoms with van der Waals surface area (Å²) in [5.74, 6) is 1.12. The van der Waals surface area contributed by atoms with Crippen molar-refractivity contribution in [2.24, 2.45) is 5.73 Å². The number of thioether (sulfide) groups is 1. The molecule has 2 nitrogen and oxygen atoms in total. The van der Waals surface area contributed by atoms with Gasteiger partial charge in [-0.15, -0.1) is 11.8 Å². The number of benzene rings is 1. The van der Waals surface area contributed by atoms with Crippen LogP contribution in [0.5, 0.6) is 0 Å². The zero-order valence-corrected chi connectivity index (χ0v) is 13.1. The van der Waals surface area contributed by atoms with Crippen LogP contribution in [-0.2, 0) is 0 Å². The second kappa shape index (κ2) is 7.15. The third-order valence-electron chi connectivity index (χ3n) is 4.26. The van der Waals surface area contributed by atoms with E-state index in [1.165, 1.54) is 43.4 Å². The van der Waals surface area contributed by atoms with Gasteiger partial charge in [0.15, 0.2) is 0 Å². The zero-order chi connectivity index (χ0) is 14.4. The maximum Gasteiger partial charge on any atom is 0.0994 e. The van der Waals surface area contributed by atoms with E-state index in [2.05, 4.69) is 18.2 Å². The first-order chi connectivity index (χ1) is 9.63. The Hall–Kier alpha value is -0.980. The zero-order valence-electron chi connectivity index (χ0n) is 12.3. The summed E-state index contributed by atoms with van der Waals surface area (Å²) < 4.78 is 0. The molecule has 108 valence electrons. The van der Waals surface area contributed by atoms with Crippen LogP contribution in [0.1, 0.15) is 56.1 Å². The minimum atomic E-state index is 0.111. The van der Waals surface area contributed by atoms with Gasteiger partial charge < -0.3 is 5.73 Å². The van der Waals surface area contributed by atoms with Crippen molar-refractivity contribution in [1.29, 1.82) is 5.26 Å². The van der Waals surface area contributed by atoms with E-state index in [0.717, 1.165) is 23.3 Å². The molecule has 1 saturated carbocycles. The molecule has 0 saturated heterocycles. The molecule has 0 atom stereocenters. The Balaban J connectivity index is 1.76. The molecule has 0 spiro atoms. The average molecular weight is 288 g/mol. The summed E-state index contributed by atoms with van der Waals surface area (Å²) in [6.45, 7) is 2.00. The number of rotatable bonds is 5. The normalized spacial score (nSPS) is 17.6.